The van der Waals surface area contributed by atoms with E-state index in [1.165, 1.54) is 57.7 Å². The number of methoxy groups -OCH3 is 3. The Morgan fingerprint density at radius 2 is 1.69 bits per heavy atom. The van der Waals surface area contributed by atoms with Crippen LogP contribution in [0.15, 0.2) is 40.9 Å². The van der Waals surface area contributed by atoms with Gasteiger partial charge in [-0.15, -0.1) is 0 Å². The number of esters is 1. The van der Waals surface area contributed by atoms with Crippen molar-refractivity contribution in [2.24, 2.45) is 0 Å². The molecule has 1 amide bonds. The maximum absolute atomic E-state index is 13.0. The smallest absolute Gasteiger partial charge is 0.325 e. The first-order chi connectivity index (χ1) is 15.4. The number of benzene rings is 2. The molecule has 0 bridgehead atoms. The Hall–Kier alpha value is -4.15. The Bertz CT molecular complexity index is 1070. The number of nitrogens with one attached hydrogen (secondary N) is 1. The van der Waals surface area contributed by atoms with Gasteiger partial charge in [0.15, 0.2) is 18.1 Å². The van der Waals surface area contributed by atoms with E-state index in [1.54, 1.807) is 0 Å². The number of amides is 1. The summed E-state index contributed by atoms with van der Waals surface area (Å²) < 4.78 is 38.6. The maximum atomic E-state index is 13.0. The molecule has 0 aliphatic rings. The number of nitrogens with zero attached hydrogens (tertiary/aromatic N) is 2. The molecule has 0 fully saturated rings. The van der Waals surface area contributed by atoms with E-state index in [4.69, 9.17) is 23.5 Å². The van der Waals surface area contributed by atoms with Crippen molar-refractivity contribution in [3.8, 4) is 28.6 Å². The maximum Gasteiger partial charge on any atom is 0.325 e. The van der Waals surface area contributed by atoms with E-state index < -0.39 is 18.4 Å². The van der Waals surface area contributed by atoms with Crippen LogP contribution in [0.1, 0.15) is 16.2 Å². The number of carbonyl (C=O) groups is 2. The second-order valence-electron chi connectivity index (χ2n) is 6.28. The Morgan fingerprint density at radius 3 is 2.28 bits per heavy atom. The van der Waals surface area contributed by atoms with Crippen molar-refractivity contribution >= 4 is 11.9 Å². The van der Waals surface area contributed by atoms with E-state index in [9.17, 15) is 14.0 Å². The van der Waals surface area contributed by atoms with Gasteiger partial charge in [0, 0.05) is 11.1 Å². The summed E-state index contributed by atoms with van der Waals surface area (Å²) in [6, 6.07) is 8.43. The average molecular weight is 445 g/mol. The third-order valence-corrected chi connectivity index (χ3v) is 4.25. The van der Waals surface area contributed by atoms with E-state index >= 15 is 0 Å². The van der Waals surface area contributed by atoms with Crippen LogP contribution in [0.2, 0.25) is 0 Å². The van der Waals surface area contributed by atoms with Crippen molar-refractivity contribution in [2.45, 2.75) is 6.61 Å². The van der Waals surface area contributed by atoms with Crippen LogP contribution in [-0.2, 0) is 16.1 Å². The predicted octanol–water partition coefficient (Wildman–Crippen LogP) is 2.37. The molecule has 10 nitrogen and oxygen atoms in total. The zero-order valence-corrected chi connectivity index (χ0v) is 17.5. The quantitative estimate of drug-likeness (QED) is 0.495. The molecule has 1 N–H and O–H groups in total. The van der Waals surface area contributed by atoms with Gasteiger partial charge in [-0.2, -0.15) is 4.98 Å². The minimum Gasteiger partial charge on any atom is -0.493 e. The lowest BCUT2D eigenvalue weighted by Gasteiger charge is -2.14. The Morgan fingerprint density at radius 1 is 1.03 bits per heavy atom. The minimum atomic E-state index is -0.715. The van der Waals surface area contributed by atoms with Gasteiger partial charge in [0.1, 0.15) is 12.4 Å². The summed E-state index contributed by atoms with van der Waals surface area (Å²) in [5.74, 6) is -0.434. The number of hydrogen-bond acceptors (Lipinski definition) is 9. The molecular formula is C21H20FN3O7. The summed E-state index contributed by atoms with van der Waals surface area (Å²) in [5, 5.41) is 6.19. The second kappa shape index (κ2) is 10.2. The summed E-state index contributed by atoms with van der Waals surface area (Å²) in [6.45, 7) is -0.679. The normalized spacial score (nSPS) is 10.4. The van der Waals surface area contributed by atoms with E-state index in [1.807, 2.05) is 0 Å². The molecule has 1 aromatic heterocycles. The summed E-state index contributed by atoms with van der Waals surface area (Å²) in [4.78, 5) is 28.5. The Labute approximate surface area is 182 Å². The molecule has 3 rings (SSSR count). The van der Waals surface area contributed by atoms with E-state index in [2.05, 4.69) is 15.5 Å². The van der Waals surface area contributed by atoms with Gasteiger partial charge in [-0.1, -0.05) is 5.16 Å². The van der Waals surface area contributed by atoms with Crippen molar-refractivity contribution in [1.29, 1.82) is 0 Å². The van der Waals surface area contributed by atoms with Gasteiger partial charge in [0.05, 0.1) is 21.3 Å². The molecule has 1 heterocycles. The molecule has 11 heteroatoms. The zero-order valence-electron chi connectivity index (χ0n) is 17.5. The van der Waals surface area contributed by atoms with Gasteiger partial charge in [0.2, 0.25) is 11.6 Å². The number of carbonyl (C=O) groups excluding carboxylic acids is 2. The fourth-order valence-electron chi connectivity index (χ4n) is 2.69. The van der Waals surface area contributed by atoms with Crippen molar-refractivity contribution in [3.63, 3.8) is 0 Å². The first-order valence-electron chi connectivity index (χ1n) is 9.27. The molecule has 0 radical (unpaired) electrons. The Balaban J connectivity index is 1.54. The molecule has 0 saturated carbocycles. The monoisotopic (exact) mass is 445 g/mol. The van der Waals surface area contributed by atoms with Crippen LogP contribution in [-0.4, -0.2) is 49.9 Å². The van der Waals surface area contributed by atoms with Gasteiger partial charge < -0.3 is 28.8 Å². The van der Waals surface area contributed by atoms with Crippen LogP contribution in [0.25, 0.3) is 11.4 Å². The molecular weight excluding hydrogens is 425 g/mol. The lowest BCUT2D eigenvalue weighted by atomic mass is 10.1. The molecule has 3 aromatic rings. The van der Waals surface area contributed by atoms with Crippen LogP contribution in [0, 0.1) is 5.82 Å². The molecule has 0 unspecified atom stereocenters. The second-order valence-corrected chi connectivity index (χ2v) is 6.28. The number of ether oxygens (including phenoxy) is 4. The van der Waals surface area contributed by atoms with Crippen molar-refractivity contribution in [3.05, 3.63) is 53.7 Å². The predicted molar refractivity (Wildman–Crippen MR) is 108 cm³/mol. The molecule has 2 aromatic carbocycles. The van der Waals surface area contributed by atoms with Crippen LogP contribution in [0.4, 0.5) is 4.39 Å². The summed E-state index contributed by atoms with van der Waals surface area (Å²) in [5.41, 5.74) is 0.749. The van der Waals surface area contributed by atoms with Gasteiger partial charge >= 0.3 is 5.97 Å². The van der Waals surface area contributed by atoms with E-state index in [0.29, 0.717) is 22.8 Å². The standard InChI is InChI=1S/C21H20FN3O7/c1-28-15-8-13(9-16(29-2)19(15)30-3)21(27)23-10-18(26)31-11-17-24-20(25-32-17)12-4-6-14(22)7-5-12/h4-9H,10-11H2,1-3H3,(H,23,27). The summed E-state index contributed by atoms with van der Waals surface area (Å²) >= 11 is 0. The van der Waals surface area contributed by atoms with Crippen molar-refractivity contribution in [2.75, 3.05) is 27.9 Å². The summed E-state index contributed by atoms with van der Waals surface area (Å²) in [6.07, 6.45) is 0. The molecule has 0 spiro atoms. The van der Waals surface area contributed by atoms with Crippen LogP contribution >= 0.6 is 0 Å². The van der Waals surface area contributed by atoms with Gasteiger partial charge in [-0.25, -0.2) is 4.39 Å². The number of aromatic nitrogens is 2. The van der Waals surface area contributed by atoms with Gasteiger partial charge in [-0.3, -0.25) is 9.59 Å². The van der Waals surface area contributed by atoms with Gasteiger partial charge in [0.25, 0.3) is 11.8 Å². The largest absolute Gasteiger partial charge is 0.493 e. The molecule has 0 aliphatic heterocycles. The molecule has 168 valence electrons. The summed E-state index contributed by atoms with van der Waals surface area (Å²) in [7, 11) is 4.30. The highest BCUT2D eigenvalue weighted by molar-refractivity contribution is 5.97. The van der Waals surface area contributed by atoms with Gasteiger partial charge in [-0.05, 0) is 36.4 Å². The Kier molecular flexibility index (Phi) is 7.21. The fraction of sp³-hybridized carbons (Fsp3) is 0.238. The van der Waals surface area contributed by atoms with Crippen LogP contribution in [0.3, 0.4) is 0 Å². The van der Waals surface area contributed by atoms with Crippen molar-refractivity contribution in [1.82, 2.24) is 15.5 Å². The van der Waals surface area contributed by atoms with Crippen molar-refractivity contribution < 1.29 is 37.5 Å². The number of halogens is 1. The molecule has 32 heavy (non-hydrogen) atoms. The topological polar surface area (TPSA) is 122 Å². The molecule has 0 saturated heterocycles. The lowest BCUT2D eigenvalue weighted by molar-refractivity contribution is -0.144. The van der Waals surface area contributed by atoms with Crippen LogP contribution < -0.4 is 19.5 Å². The molecule has 0 atom stereocenters. The first kappa shape index (κ1) is 22.5. The molecule has 0 aliphatic carbocycles. The number of rotatable bonds is 9. The third kappa shape index (κ3) is 5.31. The highest BCUT2D eigenvalue weighted by Crippen LogP contribution is 2.38. The SMILES string of the molecule is COc1cc(C(=O)NCC(=O)OCc2nc(-c3ccc(F)cc3)no2)cc(OC)c1OC. The lowest BCUT2D eigenvalue weighted by Crippen LogP contribution is -2.30. The average Bonchev–Trinajstić information content (AvgIpc) is 3.29. The first-order valence-corrected chi connectivity index (χ1v) is 9.27. The third-order valence-electron chi connectivity index (χ3n) is 4.25. The van der Waals surface area contributed by atoms with Crippen LogP contribution in [0.5, 0.6) is 17.2 Å². The van der Waals surface area contributed by atoms with E-state index in [0.717, 1.165) is 0 Å². The van der Waals surface area contributed by atoms with E-state index in [-0.39, 0.29) is 29.7 Å². The highest BCUT2D eigenvalue weighted by Gasteiger charge is 2.18. The number of hydrogen-bond donors (Lipinski definition) is 1. The minimum absolute atomic E-state index is 0.0497. The highest BCUT2D eigenvalue weighted by atomic mass is 19.1. The zero-order chi connectivity index (χ0) is 23.1. The fourth-order valence-corrected chi connectivity index (χ4v) is 2.69.